The summed E-state index contributed by atoms with van der Waals surface area (Å²) in [5, 5.41) is 1.35. The zero-order valence-corrected chi connectivity index (χ0v) is 11.6. The van der Waals surface area contributed by atoms with E-state index in [-0.39, 0.29) is 0 Å². The summed E-state index contributed by atoms with van der Waals surface area (Å²) < 4.78 is 1.38. The lowest BCUT2D eigenvalue weighted by molar-refractivity contribution is 1.01. The van der Waals surface area contributed by atoms with Gasteiger partial charge in [0, 0.05) is 15.5 Å². The van der Waals surface area contributed by atoms with Crippen molar-refractivity contribution < 1.29 is 0 Å². The summed E-state index contributed by atoms with van der Waals surface area (Å²) in [6.07, 6.45) is 2.35. The minimum atomic E-state index is 0.504. The number of hydrogen-bond donors (Lipinski definition) is 0. The van der Waals surface area contributed by atoms with Crippen molar-refractivity contribution in [2.75, 3.05) is 0 Å². The molecule has 1 aromatic heterocycles. The van der Waals surface area contributed by atoms with E-state index in [0.29, 0.717) is 5.92 Å². The predicted molar refractivity (Wildman–Crippen MR) is 84.6 cm³/mol. The smallest absolute Gasteiger partial charge is 0.0349 e. The molecule has 0 saturated carbocycles. The number of hydrogen-bond acceptors (Lipinski definition) is 1. The van der Waals surface area contributed by atoms with Crippen LogP contribution in [0.1, 0.15) is 28.8 Å². The molecular weight excluding hydrogens is 248 g/mol. The van der Waals surface area contributed by atoms with Crippen LogP contribution < -0.4 is 0 Å². The van der Waals surface area contributed by atoms with Crippen LogP contribution >= 0.6 is 11.3 Å². The number of thiophene rings is 1. The first-order valence-corrected chi connectivity index (χ1v) is 7.44. The van der Waals surface area contributed by atoms with Gasteiger partial charge < -0.3 is 0 Å². The van der Waals surface area contributed by atoms with Crippen LogP contribution in [-0.4, -0.2) is 0 Å². The number of allylic oxidation sites excluding steroid dienone is 1. The molecule has 19 heavy (non-hydrogen) atoms. The third kappa shape index (κ3) is 1.66. The van der Waals surface area contributed by atoms with Crippen molar-refractivity contribution in [1.82, 2.24) is 0 Å². The first-order chi connectivity index (χ1) is 9.33. The first kappa shape index (κ1) is 11.0. The number of rotatable bonds is 1. The molecule has 0 nitrogen and oxygen atoms in total. The van der Waals surface area contributed by atoms with Crippen molar-refractivity contribution in [1.29, 1.82) is 0 Å². The zero-order chi connectivity index (χ0) is 12.8. The van der Waals surface area contributed by atoms with E-state index in [9.17, 15) is 0 Å². The summed E-state index contributed by atoms with van der Waals surface area (Å²) in [5.41, 5.74) is 4.29. The number of fused-ring (bicyclic) bond motifs is 2. The Morgan fingerprint density at radius 1 is 0.947 bits per heavy atom. The van der Waals surface area contributed by atoms with Crippen LogP contribution in [0.3, 0.4) is 0 Å². The Kier molecular flexibility index (Phi) is 2.36. The highest BCUT2D eigenvalue weighted by molar-refractivity contribution is 7.20. The Hall–Kier alpha value is -1.86. The molecule has 0 N–H and O–H groups in total. The molecule has 0 bridgehead atoms. The molecule has 1 heteroatoms. The Bertz CT molecular complexity index is 759. The van der Waals surface area contributed by atoms with Gasteiger partial charge in [-0.1, -0.05) is 49.4 Å². The summed E-state index contributed by atoms with van der Waals surface area (Å²) >= 11 is 1.90. The normalized spacial score (nSPS) is 17.5. The lowest BCUT2D eigenvalue weighted by Crippen LogP contribution is -1.90. The van der Waals surface area contributed by atoms with Crippen LogP contribution in [0.2, 0.25) is 0 Å². The molecule has 0 fully saturated rings. The molecule has 92 valence electrons. The fraction of sp³-hybridized carbons (Fsp3) is 0.111. The lowest BCUT2D eigenvalue weighted by Gasteiger charge is -2.09. The largest absolute Gasteiger partial charge is 0.136 e. The van der Waals surface area contributed by atoms with Gasteiger partial charge in [-0.3, -0.25) is 0 Å². The highest BCUT2D eigenvalue weighted by Crippen LogP contribution is 2.44. The lowest BCUT2D eigenvalue weighted by atomic mass is 9.97. The Morgan fingerprint density at radius 3 is 2.58 bits per heavy atom. The third-order valence-corrected chi connectivity index (χ3v) is 5.12. The molecule has 0 spiro atoms. The van der Waals surface area contributed by atoms with Gasteiger partial charge in [0.2, 0.25) is 0 Å². The Labute approximate surface area is 117 Å². The van der Waals surface area contributed by atoms with E-state index in [1.54, 1.807) is 0 Å². The fourth-order valence-corrected chi connectivity index (χ4v) is 4.07. The highest BCUT2D eigenvalue weighted by atomic mass is 32.1. The third-order valence-electron chi connectivity index (χ3n) is 3.95. The molecule has 0 saturated heterocycles. The fourth-order valence-electron chi connectivity index (χ4n) is 2.91. The van der Waals surface area contributed by atoms with Gasteiger partial charge in [-0.15, -0.1) is 11.3 Å². The maximum Gasteiger partial charge on any atom is 0.0349 e. The van der Waals surface area contributed by atoms with Gasteiger partial charge in [0.25, 0.3) is 0 Å². The quantitative estimate of drug-likeness (QED) is 0.538. The summed E-state index contributed by atoms with van der Waals surface area (Å²) in [6, 6.07) is 19.7. The van der Waals surface area contributed by atoms with Crippen molar-refractivity contribution in [3.63, 3.8) is 0 Å². The van der Waals surface area contributed by atoms with E-state index >= 15 is 0 Å². The zero-order valence-electron chi connectivity index (χ0n) is 10.8. The minimum absolute atomic E-state index is 0.504. The van der Waals surface area contributed by atoms with E-state index in [4.69, 9.17) is 0 Å². The minimum Gasteiger partial charge on any atom is -0.136 e. The Balaban J connectivity index is 1.86. The molecule has 0 radical (unpaired) electrons. The second kappa shape index (κ2) is 4.07. The maximum atomic E-state index is 2.35. The maximum absolute atomic E-state index is 2.35. The van der Waals surface area contributed by atoms with Crippen molar-refractivity contribution in [2.45, 2.75) is 12.8 Å². The van der Waals surface area contributed by atoms with Gasteiger partial charge in [0.15, 0.2) is 0 Å². The monoisotopic (exact) mass is 262 g/mol. The van der Waals surface area contributed by atoms with E-state index < -0.39 is 0 Å². The van der Waals surface area contributed by atoms with Crippen LogP contribution in [-0.2, 0) is 0 Å². The van der Waals surface area contributed by atoms with Crippen molar-refractivity contribution in [3.05, 3.63) is 70.6 Å². The molecule has 1 aliphatic rings. The average Bonchev–Trinajstić information content (AvgIpc) is 3.00. The molecule has 0 amide bonds. The standard InChI is InChI=1S/C18H14S/c1-12-15-8-4-2-6-13(15)10-16(12)18-11-14-7-3-5-9-17(14)19-18/h2-12H,1H3. The molecule has 1 aliphatic carbocycles. The average molecular weight is 262 g/mol. The predicted octanol–water partition coefficient (Wildman–Crippen LogP) is 5.56. The topological polar surface area (TPSA) is 0 Å². The van der Waals surface area contributed by atoms with Crippen molar-refractivity contribution in [3.8, 4) is 0 Å². The highest BCUT2D eigenvalue weighted by Gasteiger charge is 2.22. The van der Waals surface area contributed by atoms with Gasteiger partial charge in [0.05, 0.1) is 0 Å². The molecule has 0 aliphatic heterocycles. The molecule has 1 heterocycles. The molecule has 1 unspecified atom stereocenters. The van der Waals surface area contributed by atoms with Gasteiger partial charge in [-0.25, -0.2) is 0 Å². The van der Waals surface area contributed by atoms with E-state index in [0.717, 1.165) is 0 Å². The SMILES string of the molecule is CC1C(c2cc3ccccc3s2)=Cc2ccccc21. The summed E-state index contributed by atoms with van der Waals surface area (Å²) in [7, 11) is 0. The summed E-state index contributed by atoms with van der Waals surface area (Å²) in [6.45, 7) is 2.31. The summed E-state index contributed by atoms with van der Waals surface area (Å²) in [5.74, 6) is 0.504. The van der Waals surface area contributed by atoms with E-state index in [1.807, 2.05) is 11.3 Å². The summed E-state index contributed by atoms with van der Waals surface area (Å²) in [4.78, 5) is 1.41. The first-order valence-electron chi connectivity index (χ1n) is 6.62. The molecule has 2 aromatic carbocycles. The molecule has 4 rings (SSSR count). The Morgan fingerprint density at radius 2 is 1.74 bits per heavy atom. The second-order valence-corrected chi connectivity index (χ2v) is 6.18. The van der Waals surface area contributed by atoms with Gasteiger partial charge in [-0.2, -0.15) is 0 Å². The van der Waals surface area contributed by atoms with Crippen LogP contribution in [0.5, 0.6) is 0 Å². The van der Waals surface area contributed by atoms with Crippen LogP contribution in [0.4, 0.5) is 0 Å². The van der Waals surface area contributed by atoms with Crippen LogP contribution in [0.15, 0.2) is 54.6 Å². The molecule has 3 aromatic rings. The van der Waals surface area contributed by atoms with Gasteiger partial charge in [0.1, 0.15) is 0 Å². The van der Waals surface area contributed by atoms with Crippen molar-refractivity contribution in [2.24, 2.45) is 0 Å². The van der Waals surface area contributed by atoms with Gasteiger partial charge in [-0.05, 0) is 40.3 Å². The van der Waals surface area contributed by atoms with Crippen molar-refractivity contribution >= 4 is 33.1 Å². The van der Waals surface area contributed by atoms with Gasteiger partial charge >= 0.3 is 0 Å². The van der Waals surface area contributed by atoms with Crippen LogP contribution in [0.25, 0.3) is 21.7 Å². The van der Waals surface area contributed by atoms with E-state index in [2.05, 4.69) is 67.6 Å². The van der Waals surface area contributed by atoms with E-state index in [1.165, 1.54) is 31.7 Å². The molecule has 1 atom stereocenters. The molecular formula is C18H14S. The second-order valence-electron chi connectivity index (χ2n) is 5.10. The van der Waals surface area contributed by atoms with Crippen LogP contribution in [0, 0.1) is 0 Å². The number of benzene rings is 2.